The highest BCUT2D eigenvalue weighted by Crippen LogP contribution is 2.21. The Morgan fingerprint density at radius 1 is 1.00 bits per heavy atom. The molecule has 1 N–H and O–H groups in total. The highest BCUT2D eigenvalue weighted by atomic mass is 32.1. The number of hydrogen-bond acceptors (Lipinski definition) is 6. The first-order valence-corrected chi connectivity index (χ1v) is 12.1. The summed E-state index contributed by atoms with van der Waals surface area (Å²) in [5, 5.41) is 9.23. The van der Waals surface area contributed by atoms with Crippen molar-refractivity contribution >= 4 is 33.3 Å². The maximum absolute atomic E-state index is 12.7. The highest BCUT2D eigenvalue weighted by molar-refractivity contribution is 7.16. The number of hydrogen-bond donors (Lipinski definition) is 1. The zero-order valence-electron chi connectivity index (χ0n) is 19.2. The maximum Gasteiger partial charge on any atom is 0.333 e. The molecule has 0 bridgehead atoms. The minimum absolute atomic E-state index is 0.0809. The van der Waals surface area contributed by atoms with Gasteiger partial charge >= 0.3 is 10.8 Å². The van der Waals surface area contributed by atoms with Gasteiger partial charge in [0.1, 0.15) is 12.4 Å². The Hall–Kier alpha value is -3.75. The van der Waals surface area contributed by atoms with E-state index in [1.165, 1.54) is 0 Å². The summed E-state index contributed by atoms with van der Waals surface area (Å²) in [4.78, 5) is 36.4. The second kappa shape index (κ2) is 11.1. The number of ether oxygens (including phenoxy) is 2. The van der Waals surface area contributed by atoms with Crippen molar-refractivity contribution in [1.29, 1.82) is 0 Å². The Morgan fingerprint density at radius 2 is 1.74 bits per heavy atom. The van der Waals surface area contributed by atoms with Gasteiger partial charge in [-0.25, -0.2) is 4.79 Å². The second-order valence-electron chi connectivity index (χ2n) is 7.88. The number of aliphatic carboxylic acids is 1. The minimum Gasteiger partial charge on any atom is -0.492 e. The topological polar surface area (TPSA) is 94.8 Å². The Kier molecular flexibility index (Phi) is 7.74. The van der Waals surface area contributed by atoms with Crippen LogP contribution in [-0.2, 0) is 22.5 Å². The van der Waals surface area contributed by atoms with Gasteiger partial charge in [0.15, 0.2) is 11.9 Å². The number of ketones is 1. The molecular formula is C27H25NO6S. The summed E-state index contributed by atoms with van der Waals surface area (Å²) in [6.45, 7) is 2.74. The van der Waals surface area contributed by atoms with Gasteiger partial charge in [-0.1, -0.05) is 53.8 Å². The molecule has 4 aromatic rings. The number of carboxylic acids is 1. The molecule has 0 spiro atoms. The highest BCUT2D eigenvalue weighted by Gasteiger charge is 2.18. The van der Waals surface area contributed by atoms with Gasteiger partial charge < -0.3 is 14.6 Å². The number of carbonyl (C=O) groups is 2. The fraction of sp³-hybridized carbons (Fsp3) is 0.222. The number of benzene rings is 3. The van der Waals surface area contributed by atoms with Crippen LogP contribution in [0.5, 0.6) is 5.75 Å². The number of rotatable bonds is 11. The fourth-order valence-electron chi connectivity index (χ4n) is 3.78. The zero-order valence-corrected chi connectivity index (χ0v) is 20.0. The molecule has 0 radical (unpaired) electrons. The summed E-state index contributed by atoms with van der Waals surface area (Å²) in [5.41, 5.74) is 2.75. The van der Waals surface area contributed by atoms with E-state index >= 15 is 0 Å². The fourth-order valence-corrected chi connectivity index (χ4v) is 4.74. The molecule has 3 aromatic carbocycles. The second-order valence-corrected chi connectivity index (χ2v) is 8.87. The van der Waals surface area contributed by atoms with Crippen LogP contribution < -0.4 is 9.61 Å². The summed E-state index contributed by atoms with van der Waals surface area (Å²) in [6, 6.07) is 21.5. The Balaban J connectivity index is 1.39. The van der Waals surface area contributed by atoms with Crippen molar-refractivity contribution in [3.8, 4) is 5.75 Å². The molecule has 0 saturated heterocycles. The maximum atomic E-state index is 12.7. The number of fused-ring (bicyclic) bond motifs is 1. The third kappa shape index (κ3) is 5.85. The van der Waals surface area contributed by atoms with E-state index in [1.807, 2.05) is 30.3 Å². The molecule has 0 saturated carbocycles. The van der Waals surface area contributed by atoms with Gasteiger partial charge in [0.05, 0.1) is 16.8 Å². The average Bonchev–Trinajstić information content (AvgIpc) is 3.19. The van der Waals surface area contributed by atoms with Crippen molar-refractivity contribution in [2.75, 3.05) is 13.2 Å². The summed E-state index contributed by atoms with van der Waals surface area (Å²) in [7, 11) is 0. The van der Waals surface area contributed by atoms with Gasteiger partial charge in [0, 0.05) is 24.2 Å². The normalized spacial score (nSPS) is 11.9. The van der Waals surface area contributed by atoms with Crippen LogP contribution in [-0.4, -0.2) is 40.7 Å². The van der Waals surface area contributed by atoms with Crippen molar-refractivity contribution < 1.29 is 24.2 Å². The van der Waals surface area contributed by atoms with Crippen LogP contribution in [0, 0.1) is 0 Å². The molecule has 0 aliphatic rings. The van der Waals surface area contributed by atoms with Gasteiger partial charge in [0.2, 0.25) is 0 Å². The van der Waals surface area contributed by atoms with Crippen molar-refractivity contribution in [1.82, 2.24) is 4.57 Å². The smallest absolute Gasteiger partial charge is 0.333 e. The van der Waals surface area contributed by atoms with Crippen LogP contribution in [0.25, 0.3) is 10.2 Å². The minimum atomic E-state index is -0.989. The molecule has 180 valence electrons. The molecule has 35 heavy (non-hydrogen) atoms. The zero-order chi connectivity index (χ0) is 24.8. The molecule has 0 fully saturated rings. The van der Waals surface area contributed by atoms with Gasteiger partial charge in [-0.15, -0.1) is 0 Å². The first-order chi connectivity index (χ1) is 17.0. The number of carbonyl (C=O) groups excluding carboxylic acids is 1. The Labute approximate surface area is 206 Å². The molecule has 0 aliphatic heterocycles. The van der Waals surface area contributed by atoms with E-state index in [4.69, 9.17) is 9.47 Å². The molecule has 0 aliphatic carbocycles. The van der Waals surface area contributed by atoms with Crippen LogP contribution in [0.15, 0.2) is 77.6 Å². The molecule has 1 atom stereocenters. The van der Waals surface area contributed by atoms with E-state index in [0.29, 0.717) is 30.0 Å². The molecule has 1 aromatic heterocycles. The van der Waals surface area contributed by atoms with Gasteiger partial charge in [0.25, 0.3) is 0 Å². The first kappa shape index (κ1) is 24.4. The van der Waals surface area contributed by atoms with Gasteiger partial charge in [-0.3, -0.25) is 14.2 Å². The predicted octanol–water partition coefficient (Wildman–Crippen LogP) is 4.41. The molecule has 0 amide bonds. The SMILES string of the molecule is CCOC(Cc1ccc(OCCn2c(=O)sc3cc(C(=O)c4ccccc4)ccc32)cc1)C(=O)O. The number of aromatic nitrogens is 1. The van der Waals surface area contributed by atoms with Crippen LogP contribution in [0.3, 0.4) is 0 Å². The van der Waals surface area contributed by atoms with Gasteiger partial charge in [-0.2, -0.15) is 0 Å². The number of carboxylic acid groups (broad SMARTS) is 1. The van der Waals surface area contributed by atoms with E-state index < -0.39 is 12.1 Å². The molecule has 1 heterocycles. The van der Waals surface area contributed by atoms with Crippen LogP contribution in [0.4, 0.5) is 0 Å². The number of nitrogens with zero attached hydrogens (tertiary/aromatic N) is 1. The summed E-state index contributed by atoms with van der Waals surface area (Å²) < 4.78 is 13.5. The third-order valence-electron chi connectivity index (χ3n) is 5.54. The monoisotopic (exact) mass is 491 g/mol. The van der Waals surface area contributed by atoms with Gasteiger partial charge in [-0.05, 0) is 42.8 Å². The van der Waals surface area contributed by atoms with Crippen molar-refractivity contribution in [2.24, 2.45) is 0 Å². The lowest BCUT2D eigenvalue weighted by molar-refractivity contribution is -0.149. The van der Waals surface area contributed by atoms with Crippen molar-refractivity contribution in [3.63, 3.8) is 0 Å². The van der Waals surface area contributed by atoms with Crippen LogP contribution in [0.2, 0.25) is 0 Å². The standard InChI is InChI=1S/C27H25NO6S/c1-2-33-23(26(30)31)16-18-8-11-21(12-9-18)34-15-14-28-22-13-10-20(17-24(22)35-27(28)32)25(29)19-6-4-3-5-7-19/h3-13,17,23H,2,14-16H2,1H3,(H,30,31). The summed E-state index contributed by atoms with van der Waals surface area (Å²) >= 11 is 1.11. The summed E-state index contributed by atoms with van der Waals surface area (Å²) in [5.74, 6) is -0.444. The molecule has 8 heteroatoms. The third-order valence-corrected chi connectivity index (χ3v) is 6.48. The largest absolute Gasteiger partial charge is 0.492 e. The lowest BCUT2D eigenvalue weighted by Gasteiger charge is -2.13. The van der Waals surface area contributed by atoms with E-state index in [-0.39, 0.29) is 23.7 Å². The van der Waals surface area contributed by atoms with Crippen LogP contribution in [0.1, 0.15) is 28.4 Å². The molecule has 4 rings (SSSR count). The quantitative estimate of drug-likeness (QED) is 0.313. The summed E-state index contributed by atoms with van der Waals surface area (Å²) in [6.07, 6.45) is -0.608. The number of thiazole rings is 1. The van der Waals surface area contributed by atoms with E-state index in [9.17, 15) is 19.5 Å². The molecule has 1 unspecified atom stereocenters. The lowest BCUT2D eigenvalue weighted by Crippen LogP contribution is -2.26. The predicted molar refractivity (Wildman–Crippen MR) is 135 cm³/mol. The molecule has 7 nitrogen and oxygen atoms in total. The lowest BCUT2D eigenvalue weighted by atomic mass is 10.0. The Bertz CT molecular complexity index is 1370. The first-order valence-electron chi connectivity index (χ1n) is 11.3. The van der Waals surface area contributed by atoms with E-state index in [2.05, 4.69) is 0 Å². The van der Waals surface area contributed by atoms with Crippen molar-refractivity contribution in [2.45, 2.75) is 26.0 Å². The van der Waals surface area contributed by atoms with E-state index in [0.717, 1.165) is 27.1 Å². The molecular weight excluding hydrogens is 466 g/mol. The van der Waals surface area contributed by atoms with Crippen molar-refractivity contribution in [3.05, 3.63) is 99.2 Å². The average molecular weight is 492 g/mol. The van der Waals surface area contributed by atoms with E-state index in [1.54, 1.807) is 54.0 Å². The van der Waals surface area contributed by atoms with Crippen LogP contribution >= 0.6 is 11.3 Å². The Morgan fingerprint density at radius 3 is 2.43 bits per heavy atom.